The maximum Gasteiger partial charge on any atom is 0.334 e. The number of esters is 4. The second-order valence-corrected chi connectivity index (χ2v) is 14.8. The van der Waals surface area contributed by atoms with E-state index in [2.05, 4.69) is 23.5 Å². The largest absolute Gasteiger partial charge is 0.469 e. The first-order chi connectivity index (χ1) is 27.8. The molecule has 3 aliphatic rings. The summed E-state index contributed by atoms with van der Waals surface area (Å²) >= 11 is 0. The summed E-state index contributed by atoms with van der Waals surface area (Å²) in [4.78, 5) is 69.8. The average molecular weight is 795 g/mol. The monoisotopic (exact) mass is 794 g/mol. The normalized spacial score (nSPS) is 19.7. The lowest BCUT2D eigenvalue weighted by atomic mass is 9.64. The molecule has 2 aliphatic heterocycles. The number of hydrogen-bond donors (Lipinski definition) is 4. The summed E-state index contributed by atoms with van der Waals surface area (Å²) < 4.78 is 20.8. The highest BCUT2D eigenvalue weighted by Crippen LogP contribution is 2.52. The first-order valence-corrected chi connectivity index (χ1v) is 19.3. The Balaban J connectivity index is 1.68. The van der Waals surface area contributed by atoms with Gasteiger partial charge < -0.3 is 39.1 Å². The predicted molar refractivity (Wildman–Crippen MR) is 216 cm³/mol. The van der Waals surface area contributed by atoms with E-state index in [1.165, 1.54) is 14.2 Å². The summed E-state index contributed by atoms with van der Waals surface area (Å²) in [5, 5.41) is 18.4. The molecule has 58 heavy (non-hydrogen) atoms. The van der Waals surface area contributed by atoms with Gasteiger partial charge in [-0.2, -0.15) is 0 Å². The molecule has 5 heterocycles. The summed E-state index contributed by atoms with van der Waals surface area (Å²) in [6.07, 6.45) is 6.00. The minimum Gasteiger partial charge on any atom is -0.469 e. The van der Waals surface area contributed by atoms with Crippen LogP contribution in [0.2, 0.25) is 0 Å². The highest BCUT2D eigenvalue weighted by atomic mass is 16.5. The molecule has 14 nitrogen and oxygen atoms in total. The maximum absolute atomic E-state index is 13.8. The second-order valence-electron chi connectivity index (χ2n) is 14.8. The number of ether oxygens (including phenoxy) is 4. The fourth-order valence-electron chi connectivity index (χ4n) is 8.40. The van der Waals surface area contributed by atoms with Crippen molar-refractivity contribution in [1.82, 2.24) is 19.9 Å². The number of aliphatic hydroxyl groups is 2. The standard InChI is InChI=1S/C44H50N4O10/c1-8-26-23(2)32-20-37-30-12-9-29(42(53)55-6)41(43(54)56-7)44(30,5)38(48-37)22-33-25(4)28(11-14-40(52)58-18-16-50)36(47-33)21-35-27(10-13-39(51)57-17-15-49)24(3)31(46-35)19-34(26)45-32/h8-9,12,19-22,24,27,41,45,47,49-50H,1,10-11,13-18H2,2-7H3/t24?,27?,41-,44+/m0/s1. The lowest BCUT2D eigenvalue weighted by molar-refractivity contribution is -0.149. The lowest BCUT2D eigenvalue weighted by Crippen LogP contribution is -2.42. The van der Waals surface area contributed by atoms with Gasteiger partial charge in [-0.3, -0.25) is 24.4 Å². The van der Waals surface area contributed by atoms with Crippen molar-refractivity contribution in [1.29, 1.82) is 0 Å². The average Bonchev–Trinajstić information content (AvgIpc) is 3.87. The van der Waals surface area contributed by atoms with Crippen LogP contribution in [0, 0.1) is 19.8 Å². The Morgan fingerprint density at radius 3 is 2.16 bits per heavy atom. The van der Waals surface area contributed by atoms with E-state index < -0.39 is 35.2 Å². The Hall–Kier alpha value is -5.86. The van der Waals surface area contributed by atoms with Gasteiger partial charge in [-0.15, -0.1) is 0 Å². The van der Waals surface area contributed by atoms with Gasteiger partial charge in [-0.25, -0.2) is 4.79 Å². The zero-order chi connectivity index (χ0) is 41.9. The van der Waals surface area contributed by atoms with Gasteiger partial charge in [-0.05, 0) is 80.1 Å². The summed E-state index contributed by atoms with van der Waals surface area (Å²) in [7, 11) is 2.54. The highest BCUT2D eigenvalue weighted by Gasteiger charge is 2.53. The maximum atomic E-state index is 13.8. The van der Waals surface area contributed by atoms with E-state index in [4.69, 9.17) is 28.9 Å². The Bertz CT molecular complexity index is 2390. The number of carbonyl (C=O) groups excluding carboxylic acids is 4. The minimum atomic E-state index is -1.19. The van der Waals surface area contributed by atoms with E-state index in [9.17, 15) is 29.4 Å². The number of fused-ring (bicyclic) bond motifs is 11. The van der Waals surface area contributed by atoms with Gasteiger partial charge >= 0.3 is 23.9 Å². The van der Waals surface area contributed by atoms with Crippen LogP contribution in [0.3, 0.4) is 0 Å². The molecule has 0 radical (unpaired) electrons. The van der Waals surface area contributed by atoms with Crippen LogP contribution < -0.4 is 0 Å². The van der Waals surface area contributed by atoms with Crippen LogP contribution in [0.4, 0.5) is 0 Å². The summed E-state index contributed by atoms with van der Waals surface area (Å²) in [6, 6.07) is 7.71. The predicted octanol–water partition coefficient (Wildman–Crippen LogP) is 5.49. The molecule has 8 bridgehead atoms. The van der Waals surface area contributed by atoms with Gasteiger partial charge in [0.1, 0.15) is 19.1 Å². The molecule has 0 amide bonds. The highest BCUT2D eigenvalue weighted by molar-refractivity contribution is 6.01. The number of aromatic nitrogens is 4. The van der Waals surface area contributed by atoms with Gasteiger partial charge in [0.25, 0.3) is 0 Å². The number of nitrogens with zero attached hydrogens (tertiary/aromatic N) is 2. The number of aromatic amines is 2. The first-order valence-electron chi connectivity index (χ1n) is 19.3. The Kier molecular flexibility index (Phi) is 12.5. The Morgan fingerprint density at radius 2 is 1.50 bits per heavy atom. The van der Waals surface area contributed by atoms with Crippen molar-refractivity contribution in [3.05, 3.63) is 93.6 Å². The zero-order valence-electron chi connectivity index (χ0n) is 33.7. The molecule has 0 fully saturated rings. The third-order valence-electron chi connectivity index (χ3n) is 11.6. The smallest absolute Gasteiger partial charge is 0.334 e. The SMILES string of the molecule is C=Cc1c(C)c2cc3nc(cc4[nH]c(cc5nc(cc1[nH]2)C(C)C5CCC(=O)OCCO)c(CCC(=O)OCCO)c4C)[C@@]1(C)C3=CC=C(C(=O)OC)[C@H]1C(=O)OC. The molecule has 1 aliphatic carbocycles. The van der Waals surface area contributed by atoms with Crippen molar-refractivity contribution in [2.75, 3.05) is 40.6 Å². The minimum absolute atomic E-state index is 0.0296. The fourth-order valence-corrected chi connectivity index (χ4v) is 8.40. The van der Waals surface area contributed by atoms with Gasteiger partial charge in [0.05, 0.1) is 49.8 Å². The molecule has 14 heteroatoms. The van der Waals surface area contributed by atoms with E-state index in [-0.39, 0.29) is 63.1 Å². The van der Waals surface area contributed by atoms with Gasteiger partial charge in [0.15, 0.2) is 0 Å². The van der Waals surface area contributed by atoms with E-state index >= 15 is 0 Å². The molecular weight excluding hydrogens is 745 g/mol. The molecule has 3 aromatic heterocycles. The molecular formula is C44H50N4O10. The van der Waals surface area contributed by atoms with Crippen molar-refractivity contribution in [3.8, 4) is 0 Å². The lowest BCUT2D eigenvalue weighted by Gasteiger charge is -2.36. The van der Waals surface area contributed by atoms with Crippen LogP contribution >= 0.6 is 0 Å². The molecule has 4 atom stereocenters. The topological polar surface area (TPSA) is 203 Å². The number of allylic oxidation sites excluding steroid dienone is 3. The third-order valence-corrected chi connectivity index (χ3v) is 11.6. The van der Waals surface area contributed by atoms with Crippen LogP contribution in [0.15, 0.2) is 48.6 Å². The number of aryl methyl sites for hydroxylation is 3. The van der Waals surface area contributed by atoms with E-state index in [1.54, 1.807) is 18.2 Å². The van der Waals surface area contributed by atoms with E-state index in [0.717, 1.165) is 39.0 Å². The van der Waals surface area contributed by atoms with Gasteiger partial charge in [0.2, 0.25) is 0 Å². The number of rotatable bonds is 13. The van der Waals surface area contributed by atoms with Crippen molar-refractivity contribution in [3.63, 3.8) is 0 Å². The van der Waals surface area contributed by atoms with Crippen LogP contribution in [-0.4, -0.2) is 94.7 Å². The van der Waals surface area contributed by atoms with Crippen molar-refractivity contribution in [2.24, 2.45) is 5.92 Å². The van der Waals surface area contributed by atoms with Crippen molar-refractivity contribution < 1.29 is 48.3 Å². The molecule has 0 saturated heterocycles. The number of H-pyrrole nitrogens is 2. The molecule has 2 unspecified atom stereocenters. The zero-order valence-corrected chi connectivity index (χ0v) is 33.7. The Labute approximate surface area is 336 Å². The van der Waals surface area contributed by atoms with Crippen molar-refractivity contribution >= 4 is 57.6 Å². The van der Waals surface area contributed by atoms with Gasteiger partial charge in [-0.1, -0.05) is 31.7 Å². The number of carbonyl (C=O) groups is 4. The summed E-state index contributed by atoms with van der Waals surface area (Å²) in [5.41, 5.74) is 8.42. The molecule has 0 aromatic carbocycles. The summed E-state index contributed by atoms with van der Waals surface area (Å²) in [6.45, 7) is 11.2. The number of aliphatic hydroxyl groups excluding tert-OH is 2. The number of nitrogens with one attached hydrogen (secondary N) is 2. The molecule has 306 valence electrons. The number of hydrogen-bond acceptors (Lipinski definition) is 12. The van der Waals surface area contributed by atoms with Crippen molar-refractivity contribution in [2.45, 2.75) is 70.6 Å². The second kappa shape index (κ2) is 17.3. The first kappa shape index (κ1) is 41.8. The van der Waals surface area contributed by atoms with E-state index in [1.807, 2.05) is 45.0 Å². The quantitative estimate of drug-likeness (QED) is 0.125. The molecule has 6 rings (SSSR count). The third kappa shape index (κ3) is 7.73. The molecule has 0 saturated carbocycles. The summed E-state index contributed by atoms with van der Waals surface area (Å²) in [5.74, 6) is -3.62. The Morgan fingerprint density at radius 1 is 0.845 bits per heavy atom. The van der Waals surface area contributed by atoms with E-state index in [0.29, 0.717) is 40.1 Å². The molecule has 4 N–H and O–H groups in total. The van der Waals surface area contributed by atoms with Crippen LogP contribution in [0.25, 0.3) is 33.7 Å². The van der Waals surface area contributed by atoms with Crippen LogP contribution in [0.5, 0.6) is 0 Å². The van der Waals surface area contributed by atoms with Crippen LogP contribution in [-0.2, 0) is 50.0 Å². The fraction of sp³-hybridized carbons (Fsp3) is 0.409. The molecule has 0 spiro atoms. The number of methoxy groups -OCH3 is 2. The van der Waals surface area contributed by atoms with Crippen LogP contribution in [0.1, 0.15) is 90.0 Å². The molecule has 3 aromatic rings. The van der Waals surface area contributed by atoms with Gasteiger partial charge in [0, 0.05) is 63.7 Å².